The molecule has 1 aromatic carbocycles. The monoisotopic (exact) mass is 306 g/mol. The van der Waals surface area contributed by atoms with Crippen LogP contribution in [-0.4, -0.2) is 9.91 Å². The van der Waals surface area contributed by atoms with Crippen LogP contribution in [-0.2, 0) is 0 Å². The third kappa shape index (κ3) is 2.22. The Labute approximate surface area is 99.9 Å². The summed E-state index contributed by atoms with van der Waals surface area (Å²) in [5, 5.41) is 10.5. The number of non-ortho nitro benzene ring substituents is 1. The van der Waals surface area contributed by atoms with Crippen LogP contribution in [0.4, 0.5) is 25.1 Å². The number of benzene rings is 1. The standard InChI is InChI=1S/C7H3F5N2O2S2/c8-18(9,10,11,12)7-13-6-4(14(15)16)2-1-3-5(6)17-7/h1-3H. The van der Waals surface area contributed by atoms with E-state index in [4.69, 9.17) is 0 Å². The van der Waals surface area contributed by atoms with Crippen LogP contribution in [0.25, 0.3) is 10.2 Å². The molecule has 0 saturated heterocycles. The van der Waals surface area contributed by atoms with Crippen LogP contribution in [0.5, 0.6) is 0 Å². The van der Waals surface area contributed by atoms with Crippen molar-refractivity contribution >= 4 is 37.5 Å². The van der Waals surface area contributed by atoms with Gasteiger partial charge in [0.05, 0.1) is 9.62 Å². The number of thiazole rings is 1. The van der Waals surface area contributed by atoms with E-state index in [9.17, 15) is 29.5 Å². The Kier molecular flexibility index (Phi) is 2.09. The van der Waals surface area contributed by atoms with E-state index in [1.165, 1.54) is 0 Å². The number of nitro benzene ring substituents is 1. The molecule has 2 rings (SSSR count). The summed E-state index contributed by atoms with van der Waals surface area (Å²) in [5.41, 5.74) is -1.42. The van der Waals surface area contributed by atoms with Crippen LogP contribution < -0.4 is 0 Å². The first-order valence-electron chi connectivity index (χ1n) is 4.16. The smallest absolute Gasteiger partial charge is 0.258 e. The summed E-state index contributed by atoms with van der Waals surface area (Å²) in [6.07, 6.45) is 0. The predicted molar refractivity (Wildman–Crippen MR) is 57.7 cm³/mol. The van der Waals surface area contributed by atoms with E-state index in [0.717, 1.165) is 18.2 Å². The van der Waals surface area contributed by atoms with Gasteiger partial charge < -0.3 is 0 Å². The third-order valence-electron chi connectivity index (χ3n) is 1.90. The molecule has 11 heteroatoms. The van der Waals surface area contributed by atoms with E-state index in [1.54, 1.807) is 0 Å². The molecule has 0 aliphatic carbocycles. The van der Waals surface area contributed by atoms with Crippen LogP contribution in [0.1, 0.15) is 0 Å². The minimum absolute atomic E-state index is 0.305. The molecule has 2 aromatic rings. The number of rotatable bonds is 2. The second-order valence-corrected chi connectivity index (χ2v) is 6.94. The first-order valence-corrected chi connectivity index (χ1v) is 6.93. The van der Waals surface area contributed by atoms with Crippen molar-refractivity contribution in [2.75, 3.05) is 0 Å². The number of aromatic nitrogens is 1. The summed E-state index contributed by atoms with van der Waals surface area (Å²) in [5.74, 6) is 0. The summed E-state index contributed by atoms with van der Waals surface area (Å²) in [6.45, 7) is 0. The lowest BCUT2D eigenvalue weighted by molar-refractivity contribution is -0.383. The fourth-order valence-corrected chi connectivity index (χ4v) is 3.11. The van der Waals surface area contributed by atoms with Gasteiger partial charge >= 0.3 is 10.2 Å². The highest BCUT2D eigenvalue weighted by Gasteiger charge is 2.68. The van der Waals surface area contributed by atoms with Gasteiger partial charge in [-0.05, 0) is 6.07 Å². The highest BCUT2D eigenvalue weighted by atomic mass is 32.5. The molecule has 0 atom stereocenters. The molecule has 1 heterocycles. The van der Waals surface area contributed by atoms with Crippen LogP contribution in [0.2, 0.25) is 0 Å². The van der Waals surface area contributed by atoms with Crippen LogP contribution in [0, 0.1) is 10.1 Å². The zero-order chi connectivity index (χ0) is 13.8. The molecule has 0 saturated carbocycles. The van der Waals surface area contributed by atoms with Crippen molar-refractivity contribution < 1.29 is 24.4 Å². The number of halogens is 5. The molecule has 18 heavy (non-hydrogen) atoms. The summed E-state index contributed by atoms with van der Waals surface area (Å²) in [6, 6.07) is 3.07. The van der Waals surface area contributed by atoms with Gasteiger partial charge in [-0.2, -0.15) is 0 Å². The average molecular weight is 306 g/mol. The van der Waals surface area contributed by atoms with Crippen molar-refractivity contribution in [3.05, 3.63) is 28.3 Å². The molecule has 0 aliphatic heterocycles. The maximum absolute atomic E-state index is 12.5. The van der Waals surface area contributed by atoms with E-state index < -0.39 is 30.7 Å². The van der Waals surface area contributed by atoms with Crippen molar-refractivity contribution in [2.24, 2.45) is 0 Å². The Hall–Kier alpha value is -1.49. The molecular weight excluding hydrogens is 303 g/mol. The SMILES string of the molecule is O=[N+]([O-])c1cccc2sc(S(F)(F)(F)(F)F)nc12. The second-order valence-electron chi connectivity index (χ2n) is 3.33. The second kappa shape index (κ2) is 2.91. The molecule has 0 unspecified atom stereocenters. The Morgan fingerprint density at radius 2 is 1.83 bits per heavy atom. The molecule has 100 valence electrons. The number of hydrogen-bond donors (Lipinski definition) is 0. The summed E-state index contributed by atoms with van der Waals surface area (Å²) in [7, 11) is -9.90. The lowest BCUT2D eigenvalue weighted by atomic mass is 10.3. The highest BCUT2D eigenvalue weighted by molar-refractivity contribution is 8.46. The molecule has 0 aliphatic rings. The Morgan fingerprint density at radius 3 is 2.33 bits per heavy atom. The minimum Gasteiger partial charge on any atom is -0.258 e. The number of nitro groups is 1. The maximum Gasteiger partial charge on any atom is 0.334 e. The van der Waals surface area contributed by atoms with Crippen molar-refractivity contribution in [1.82, 2.24) is 4.98 Å². The lowest BCUT2D eigenvalue weighted by Crippen LogP contribution is -2.05. The van der Waals surface area contributed by atoms with Gasteiger partial charge in [-0.25, -0.2) is 4.98 Å². The fourth-order valence-electron chi connectivity index (χ4n) is 1.23. The van der Waals surface area contributed by atoms with E-state index >= 15 is 0 Å². The summed E-state index contributed by atoms with van der Waals surface area (Å²) in [4.78, 5) is 12.3. The van der Waals surface area contributed by atoms with E-state index in [0.29, 0.717) is 0 Å². The van der Waals surface area contributed by atoms with Crippen molar-refractivity contribution in [2.45, 2.75) is 4.34 Å². The van der Waals surface area contributed by atoms with Crippen LogP contribution >= 0.6 is 21.6 Å². The number of nitrogens with zero attached hydrogens (tertiary/aromatic N) is 2. The molecule has 0 radical (unpaired) electrons. The van der Waals surface area contributed by atoms with E-state index in [1.807, 2.05) is 0 Å². The summed E-state index contributed by atoms with van der Waals surface area (Å²) < 4.78 is 59.9. The third-order valence-corrected chi connectivity index (χ3v) is 4.67. The largest absolute Gasteiger partial charge is 0.334 e. The van der Waals surface area contributed by atoms with Gasteiger partial charge in [-0.15, -0.1) is 0 Å². The Bertz CT molecular complexity index is 665. The van der Waals surface area contributed by atoms with Gasteiger partial charge in [0.2, 0.25) is 0 Å². The molecule has 0 N–H and O–H groups in total. The topological polar surface area (TPSA) is 56.0 Å². The molecule has 0 spiro atoms. The first-order chi connectivity index (χ1) is 7.88. The van der Waals surface area contributed by atoms with Crippen molar-refractivity contribution in [3.8, 4) is 0 Å². The number of para-hydroxylation sites is 1. The van der Waals surface area contributed by atoms with Gasteiger partial charge in [0.25, 0.3) is 10.0 Å². The number of hydrogen-bond acceptors (Lipinski definition) is 4. The first kappa shape index (κ1) is 13.0. The highest BCUT2D eigenvalue weighted by Crippen LogP contribution is 3.02. The van der Waals surface area contributed by atoms with Gasteiger partial charge in [0.15, 0.2) is 5.52 Å². The maximum atomic E-state index is 12.5. The summed E-state index contributed by atoms with van der Waals surface area (Å²) >= 11 is -0.305. The van der Waals surface area contributed by atoms with Gasteiger partial charge in [-0.3, -0.25) is 10.1 Å². The zero-order valence-corrected chi connectivity index (χ0v) is 9.78. The zero-order valence-electron chi connectivity index (χ0n) is 8.15. The molecule has 0 bridgehead atoms. The Balaban J connectivity index is 2.82. The predicted octanol–water partition coefficient (Wildman–Crippen LogP) is 4.86. The normalized spacial score (nSPS) is 16.3. The quantitative estimate of drug-likeness (QED) is 0.452. The lowest BCUT2D eigenvalue weighted by Gasteiger charge is -2.37. The van der Waals surface area contributed by atoms with Crippen molar-refractivity contribution in [1.29, 1.82) is 0 Å². The van der Waals surface area contributed by atoms with Gasteiger partial charge in [-0.1, -0.05) is 36.8 Å². The molecule has 0 fully saturated rings. The molecule has 4 nitrogen and oxygen atoms in total. The van der Waals surface area contributed by atoms with Gasteiger partial charge in [0.1, 0.15) is 0 Å². The minimum atomic E-state index is -9.90. The molecular formula is C7H3F5N2O2S2. The fraction of sp³-hybridized carbons (Fsp3) is 0. The van der Waals surface area contributed by atoms with Crippen molar-refractivity contribution in [3.63, 3.8) is 0 Å². The van der Waals surface area contributed by atoms with Crippen LogP contribution in [0.15, 0.2) is 22.5 Å². The Morgan fingerprint density at radius 1 is 1.22 bits per heavy atom. The average Bonchev–Trinajstić information content (AvgIpc) is 2.57. The van der Waals surface area contributed by atoms with E-state index in [-0.39, 0.29) is 16.0 Å². The van der Waals surface area contributed by atoms with Crippen LogP contribution in [0.3, 0.4) is 0 Å². The molecule has 1 aromatic heterocycles. The van der Waals surface area contributed by atoms with Gasteiger partial charge in [0, 0.05) is 6.07 Å². The number of fused-ring (bicyclic) bond motifs is 1. The van der Waals surface area contributed by atoms with E-state index in [2.05, 4.69) is 4.98 Å². The molecule has 0 amide bonds.